The van der Waals surface area contributed by atoms with Crippen molar-refractivity contribution in [2.24, 2.45) is 5.92 Å². The van der Waals surface area contributed by atoms with E-state index in [2.05, 4.69) is 18.2 Å². The SMILES string of the molecule is OC1=CC=c2ccccc2=C2C=CC=CC12. The Morgan fingerprint density at radius 3 is 2.81 bits per heavy atom. The molecule has 1 N–H and O–H groups in total. The Hall–Kier alpha value is -2.02. The van der Waals surface area contributed by atoms with Crippen molar-refractivity contribution in [3.8, 4) is 0 Å². The molecule has 1 heteroatoms. The molecular weight excluding hydrogens is 196 g/mol. The van der Waals surface area contributed by atoms with Gasteiger partial charge in [0, 0.05) is 0 Å². The highest BCUT2D eigenvalue weighted by molar-refractivity contribution is 5.69. The topological polar surface area (TPSA) is 20.2 Å². The molecule has 0 saturated carbocycles. The summed E-state index contributed by atoms with van der Waals surface area (Å²) < 4.78 is 0. The minimum atomic E-state index is 0.00454. The fraction of sp³-hybridized carbons (Fsp3) is 0.0667. The number of aliphatic hydroxyl groups excluding tert-OH is 1. The van der Waals surface area contributed by atoms with Crippen molar-refractivity contribution in [3.63, 3.8) is 0 Å². The van der Waals surface area contributed by atoms with E-state index >= 15 is 0 Å². The molecule has 0 aliphatic heterocycles. The number of fused-ring (bicyclic) bond motifs is 2. The maximum absolute atomic E-state index is 9.98. The Kier molecular flexibility index (Phi) is 2.03. The van der Waals surface area contributed by atoms with Crippen LogP contribution in [0.15, 0.2) is 60.4 Å². The Morgan fingerprint density at radius 2 is 1.88 bits per heavy atom. The van der Waals surface area contributed by atoms with Crippen LogP contribution in [0.5, 0.6) is 0 Å². The maximum Gasteiger partial charge on any atom is 0.104 e. The van der Waals surface area contributed by atoms with Crippen molar-refractivity contribution < 1.29 is 5.11 Å². The van der Waals surface area contributed by atoms with Gasteiger partial charge in [0.1, 0.15) is 5.76 Å². The van der Waals surface area contributed by atoms with E-state index in [0.717, 1.165) is 5.22 Å². The smallest absolute Gasteiger partial charge is 0.104 e. The van der Waals surface area contributed by atoms with Gasteiger partial charge in [0.25, 0.3) is 0 Å². The molecule has 1 unspecified atom stereocenters. The summed E-state index contributed by atoms with van der Waals surface area (Å²) >= 11 is 0. The first-order valence-corrected chi connectivity index (χ1v) is 5.41. The van der Waals surface area contributed by atoms with Gasteiger partial charge >= 0.3 is 0 Å². The van der Waals surface area contributed by atoms with Gasteiger partial charge in [-0.05, 0) is 22.1 Å². The fourth-order valence-corrected chi connectivity index (χ4v) is 2.24. The fourth-order valence-electron chi connectivity index (χ4n) is 2.24. The summed E-state index contributed by atoms with van der Waals surface area (Å²) in [5.41, 5.74) is 1.17. The summed E-state index contributed by atoms with van der Waals surface area (Å²) in [6.07, 6.45) is 11.9. The Bertz CT molecular complexity index is 630. The molecule has 0 saturated heterocycles. The number of rotatable bonds is 0. The van der Waals surface area contributed by atoms with Gasteiger partial charge in [-0.15, -0.1) is 0 Å². The van der Waals surface area contributed by atoms with E-state index in [1.165, 1.54) is 10.8 Å². The van der Waals surface area contributed by atoms with E-state index in [1.54, 1.807) is 6.08 Å². The lowest BCUT2D eigenvalue weighted by molar-refractivity contribution is 0.380. The standard InChI is InChI=1S/C15H12O/c16-15-10-9-11-5-1-2-6-12(11)13-7-3-4-8-14(13)15/h1-10,14,16H. The number of aliphatic hydroxyl groups is 1. The molecule has 2 aliphatic carbocycles. The second-order valence-corrected chi connectivity index (χ2v) is 4.02. The molecule has 0 aromatic heterocycles. The number of hydrogen-bond acceptors (Lipinski definition) is 1. The van der Waals surface area contributed by atoms with Gasteiger partial charge < -0.3 is 5.11 Å². The first-order chi connectivity index (χ1) is 7.86. The highest BCUT2D eigenvalue weighted by atomic mass is 16.3. The lowest BCUT2D eigenvalue weighted by Crippen LogP contribution is -2.27. The predicted molar refractivity (Wildman–Crippen MR) is 66.0 cm³/mol. The van der Waals surface area contributed by atoms with Crippen LogP contribution in [-0.2, 0) is 0 Å². The van der Waals surface area contributed by atoms with Crippen LogP contribution in [0.25, 0.3) is 11.6 Å². The monoisotopic (exact) mass is 208 g/mol. The first-order valence-electron chi connectivity index (χ1n) is 5.41. The van der Waals surface area contributed by atoms with Crippen molar-refractivity contribution in [2.45, 2.75) is 0 Å². The summed E-state index contributed by atoms with van der Waals surface area (Å²) in [6.45, 7) is 0. The van der Waals surface area contributed by atoms with Gasteiger partial charge in [0.05, 0.1) is 5.92 Å². The van der Waals surface area contributed by atoms with E-state index < -0.39 is 0 Å². The van der Waals surface area contributed by atoms with Crippen LogP contribution in [0, 0.1) is 5.92 Å². The molecule has 1 atom stereocenters. The number of benzene rings is 1. The van der Waals surface area contributed by atoms with Crippen LogP contribution in [-0.4, -0.2) is 5.11 Å². The zero-order valence-corrected chi connectivity index (χ0v) is 8.80. The normalized spacial score (nSPS) is 21.6. The highest BCUT2D eigenvalue weighted by Crippen LogP contribution is 2.25. The van der Waals surface area contributed by atoms with Crippen molar-refractivity contribution in [2.75, 3.05) is 0 Å². The molecular formula is C15H12O. The molecule has 0 amide bonds. The van der Waals surface area contributed by atoms with E-state index in [1.807, 2.05) is 36.4 Å². The van der Waals surface area contributed by atoms with Crippen LogP contribution in [0.1, 0.15) is 0 Å². The van der Waals surface area contributed by atoms with Crippen LogP contribution < -0.4 is 10.4 Å². The molecule has 1 aromatic carbocycles. The third kappa shape index (κ3) is 1.33. The molecule has 0 heterocycles. The van der Waals surface area contributed by atoms with Gasteiger partial charge in [-0.25, -0.2) is 0 Å². The third-order valence-electron chi connectivity index (χ3n) is 3.05. The molecule has 0 radical (unpaired) electrons. The van der Waals surface area contributed by atoms with Crippen LogP contribution in [0.4, 0.5) is 0 Å². The van der Waals surface area contributed by atoms with E-state index in [9.17, 15) is 5.11 Å². The molecule has 1 nitrogen and oxygen atoms in total. The lowest BCUT2D eigenvalue weighted by atomic mass is 9.91. The molecule has 2 aliphatic rings. The van der Waals surface area contributed by atoms with Gasteiger partial charge in [-0.1, -0.05) is 54.6 Å². The molecule has 78 valence electrons. The lowest BCUT2D eigenvalue weighted by Gasteiger charge is -2.15. The van der Waals surface area contributed by atoms with Crippen molar-refractivity contribution >= 4 is 11.6 Å². The number of allylic oxidation sites excluding steroid dienone is 5. The van der Waals surface area contributed by atoms with Gasteiger partial charge in [-0.3, -0.25) is 0 Å². The number of hydrogen-bond donors (Lipinski definition) is 1. The summed E-state index contributed by atoms with van der Waals surface area (Å²) in [5.74, 6) is 0.414. The van der Waals surface area contributed by atoms with Gasteiger partial charge in [-0.2, -0.15) is 0 Å². The zero-order chi connectivity index (χ0) is 11.0. The van der Waals surface area contributed by atoms with E-state index in [4.69, 9.17) is 0 Å². The third-order valence-corrected chi connectivity index (χ3v) is 3.05. The zero-order valence-electron chi connectivity index (χ0n) is 8.80. The Balaban J connectivity index is 2.43. The van der Waals surface area contributed by atoms with Crippen LogP contribution >= 0.6 is 0 Å². The Morgan fingerprint density at radius 1 is 1.00 bits per heavy atom. The summed E-state index contributed by atoms with van der Waals surface area (Å²) in [6, 6.07) is 8.22. The summed E-state index contributed by atoms with van der Waals surface area (Å²) in [7, 11) is 0. The van der Waals surface area contributed by atoms with E-state index in [-0.39, 0.29) is 5.92 Å². The first kappa shape index (κ1) is 9.22. The molecule has 0 fully saturated rings. The van der Waals surface area contributed by atoms with E-state index in [0.29, 0.717) is 5.76 Å². The Labute approximate surface area is 94.1 Å². The second-order valence-electron chi connectivity index (χ2n) is 4.02. The molecule has 1 aromatic rings. The minimum absolute atomic E-state index is 0.00454. The van der Waals surface area contributed by atoms with Crippen LogP contribution in [0.3, 0.4) is 0 Å². The van der Waals surface area contributed by atoms with Gasteiger partial charge in [0.15, 0.2) is 0 Å². The summed E-state index contributed by atoms with van der Waals surface area (Å²) in [4.78, 5) is 0. The molecule has 0 spiro atoms. The highest BCUT2D eigenvalue weighted by Gasteiger charge is 2.17. The van der Waals surface area contributed by atoms with Crippen molar-refractivity contribution in [1.82, 2.24) is 0 Å². The van der Waals surface area contributed by atoms with Crippen LogP contribution in [0.2, 0.25) is 0 Å². The van der Waals surface area contributed by atoms with Crippen molar-refractivity contribution in [3.05, 3.63) is 70.8 Å². The summed E-state index contributed by atoms with van der Waals surface area (Å²) in [5, 5.41) is 12.3. The molecule has 16 heavy (non-hydrogen) atoms. The maximum atomic E-state index is 9.98. The molecule has 0 bridgehead atoms. The second kappa shape index (κ2) is 3.53. The average Bonchev–Trinajstić information content (AvgIpc) is 2.49. The van der Waals surface area contributed by atoms with Gasteiger partial charge in [0.2, 0.25) is 0 Å². The quantitative estimate of drug-likeness (QED) is 0.689. The predicted octanol–water partition coefficient (Wildman–Crippen LogP) is 1.82. The molecule has 3 rings (SSSR count). The van der Waals surface area contributed by atoms with Crippen molar-refractivity contribution in [1.29, 1.82) is 0 Å². The largest absolute Gasteiger partial charge is 0.511 e. The average molecular weight is 208 g/mol. The minimum Gasteiger partial charge on any atom is -0.511 e.